The van der Waals surface area contributed by atoms with Crippen LogP contribution < -0.4 is 0 Å². The Morgan fingerprint density at radius 3 is 2.86 bits per heavy atom. The highest BCUT2D eigenvalue weighted by Crippen LogP contribution is 2.28. The fraction of sp³-hybridized carbons (Fsp3) is 0.250. The van der Waals surface area contributed by atoms with Gasteiger partial charge in [0.25, 0.3) is 0 Å². The molecule has 2 aromatic rings. The highest BCUT2D eigenvalue weighted by atomic mass is 32.1. The van der Waals surface area contributed by atoms with Crippen LogP contribution in [0.5, 0.6) is 0 Å². The summed E-state index contributed by atoms with van der Waals surface area (Å²) in [4.78, 5) is 4.17. The predicted molar refractivity (Wildman–Crippen MR) is 60.7 cm³/mol. The van der Waals surface area contributed by atoms with Crippen molar-refractivity contribution in [2.75, 3.05) is 0 Å². The predicted octanol–water partition coefficient (Wildman–Crippen LogP) is 3.69. The van der Waals surface area contributed by atoms with E-state index in [1.807, 2.05) is 18.5 Å². The van der Waals surface area contributed by atoms with Gasteiger partial charge in [0.15, 0.2) is 0 Å². The normalized spacial score (nSPS) is 12.6. The highest BCUT2D eigenvalue weighted by molar-refractivity contribution is 7.08. The Kier molecular flexibility index (Phi) is 2.94. The Bertz CT molecular complexity index is 366. The van der Waals surface area contributed by atoms with Gasteiger partial charge in [-0.15, -0.1) is 0 Å². The fourth-order valence-electron chi connectivity index (χ4n) is 1.72. The largest absolute Gasteiger partial charge is 0.264 e. The number of rotatable bonds is 3. The van der Waals surface area contributed by atoms with E-state index in [0.29, 0.717) is 5.92 Å². The van der Waals surface area contributed by atoms with Crippen molar-refractivity contribution in [3.8, 4) is 0 Å². The van der Waals surface area contributed by atoms with Gasteiger partial charge in [-0.1, -0.05) is 13.0 Å². The first-order valence-corrected chi connectivity index (χ1v) is 5.78. The Hall–Kier alpha value is -1.15. The van der Waals surface area contributed by atoms with Crippen LogP contribution in [0.1, 0.15) is 30.4 Å². The lowest BCUT2D eigenvalue weighted by molar-refractivity contribution is 0.776. The number of thiophene rings is 1. The summed E-state index contributed by atoms with van der Waals surface area (Å²) in [6.07, 6.45) is 4.91. The summed E-state index contributed by atoms with van der Waals surface area (Å²) in [5, 5.41) is 4.36. The molecule has 0 radical (unpaired) electrons. The quantitative estimate of drug-likeness (QED) is 0.741. The van der Waals surface area contributed by atoms with Gasteiger partial charge in [-0.2, -0.15) is 11.3 Å². The Balaban J connectivity index is 2.31. The first-order chi connectivity index (χ1) is 6.92. The summed E-state index contributed by atoms with van der Waals surface area (Å²) in [6.45, 7) is 2.22. The molecule has 0 aliphatic carbocycles. The third-order valence-electron chi connectivity index (χ3n) is 2.44. The number of aromatic nitrogens is 1. The summed E-state index contributed by atoms with van der Waals surface area (Å²) in [5.41, 5.74) is 2.72. The average molecular weight is 203 g/mol. The molecule has 0 bridgehead atoms. The molecule has 2 heterocycles. The van der Waals surface area contributed by atoms with E-state index < -0.39 is 0 Å². The van der Waals surface area contributed by atoms with Gasteiger partial charge in [0.2, 0.25) is 0 Å². The topological polar surface area (TPSA) is 12.9 Å². The smallest absolute Gasteiger partial charge is 0.0306 e. The second kappa shape index (κ2) is 4.38. The van der Waals surface area contributed by atoms with Crippen LogP contribution in [0.4, 0.5) is 0 Å². The van der Waals surface area contributed by atoms with Crippen LogP contribution in [-0.2, 0) is 0 Å². The van der Waals surface area contributed by atoms with Gasteiger partial charge in [0.05, 0.1) is 0 Å². The number of nitrogens with zero attached hydrogens (tertiary/aromatic N) is 1. The molecule has 0 amide bonds. The summed E-state index contributed by atoms with van der Waals surface area (Å²) < 4.78 is 0. The zero-order chi connectivity index (χ0) is 9.80. The molecule has 2 rings (SSSR count). The maximum atomic E-state index is 4.17. The van der Waals surface area contributed by atoms with E-state index >= 15 is 0 Å². The van der Waals surface area contributed by atoms with Crippen molar-refractivity contribution in [3.05, 3.63) is 52.5 Å². The molecule has 0 aliphatic rings. The van der Waals surface area contributed by atoms with Gasteiger partial charge < -0.3 is 0 Å². The van der Waals surface area contributed by atoms with Gasteiger partial charge in [-0.05, 0) is 40.4 Å². The summed E-state index contributed by atoms with van der Waals surface area (Å²) in [6, 6.07) is 6.36. The second-order valence-corrected chi connectivity index (χ2v) is 4.08. The van der Waals surface area contributed by atoms with Crippen LogP contribution in [0.15, 0.2) is 41.4 Å². The molecule has 1 atom stereocenters. The molecule has 1 nitrogen and oxygen atoms in total. The van der Waals surface area contributed by atoms with Crippen molar-refractivity contribution in [1.29, 1.82) is 0 Å². The van der Waals surface area contributed by atoms with E-state index in [1.165, 1.54) is 11.1 Å². The van der Waals surface area contributed by atoms with Crippen LogP contribution in [0, 0.1) is 0 Å². The Morgan fingerprint density at radius 2 is 2.29 bits per heavy atom. The number of pyridine rings is 1. The summed E-state index contributed by atoms with van der Waals surface area (Å²) in [7, 11) is 0. The van der Waals surface area contributed by atoms with Crippen molar-refractivity contribution >= 4 is 11.3 Å². The van der Waals surface area contributed by atoms with E-state index in [2.05, 4.69) is 34.8 Å². The number of hydrogen-bond donors (Lipinski definition) is 0. The van der Waals surface area contributed by atoms with Gasteiger partial charge in [-0.3, -0.25) is 4.98 Å². The molecule has 0 saturated heterocycles. The molecular formula is C12H13NS. The summed E-state index contributed by atoms with van der Waals surface area (Å²) >= 11 is 1.76. The van der Waals surface area contributed by atoms with Gasteiger partial charge >= 0.3 is 0 Å². The van der Waals surface area contributed by atoms with Crippen LogP contribution >= 0.6 is 11.3 Å². The second-order valence-electron chi connectivity index (χ2n) is 3.30. The first-order valence-electron chi connectivity index (χ1n) is 4.84. The van der Waals surface area contributed by atoms with Crippen LogP contribution in [0.2, 0.25) is 0 Å². The lowest BCUT2D eigenvalue weighted by atomic mass is 9.92. The van der Waals surface area contributed by atoms with Crippen molar-refractivity contribution in [3.63, 3.8) is 0 Å². The van der Waals surface area contributed by atoms with Crippen molar-refractivity contribution in [2.24, 2.45) is 0 Å². The molecule has 2 heteroatoms. The molecule has 0 N–H and O–H groups in total. The van der Waals surface area contributed by atoms with Crippen molar-refractivity contribution in [1.82, 2.24) is 4.98 Å². The fourth-order valence-corrected chi connectivity index (χ4v) is 2.43. The molecule has 0 spiro atoms. The minimum atomic E-state index is 0.509. The van der Waals surface area contributed by atoms with E-state index in [0.717, 1.165) is 6.42 Å². The maximum Gasteiger partial charge on any atom is 0.0306 e. The van der Waals surface area contributed by atoms with E-state index in [-0.39, 0.29) is 0 Å². The minimum absolute atomic E-state index is 0.509. The molecule has 0 fully saturated rings. The number of hydrogen-bond acceptors (Lipinski definition) is 2. The van der Waals surface area contributed by atoms with Crippen molar-refractivity contribution in [2.45, 2.75) is 19.3 Å². The molecular weight excluding hydrogens is 190 g/mol. The third kappa shape index (κ3) is 1.85. The van der Waals surface area contributed by atoms with Crippen LogP contribution in [0.3, 0.4) is 0 Å². The molecule has 2 aromatic heterocycles. The molecule has 0 aliphatic heterocycles. The third-order valence-corrected chi connectivity index (χ3v) is 3.14. The van der Waals surface area contributed by atoms with Gasteiger partial charge in [0, 0.05) is 18.3 Å². The minimum Gasteiger partial charge on any atom is -0.264 e. The van der Waals surface area contributed by atoms with Crippen LogP contribution in [-0.4, -0.2) is 4.98 Å². The van der Waals surface area contributed by atoms with Crippen molar-refractivity contribution < 1.29 is 0 Å². The lowest BCUT2D eigenvalue weighted by Crippen LogP contribution is -1.97. The van der Waals surface area contributed by atoms with Gasteiger partial charge in [-0.25, -0.2) is 0 Å². The molecule has 1 unspecified atom stereocenters. The first kappa shape index (κ1) is 9.41. The molecule has 14 heavy (non-hydrogen) atoms. The van der Waals surface area contributed by atoms with Gasteiger partial charge in [0.1, 0.15) is 0 Å². The van der Waals surface area contributed by atoms with E-state index in [9.17, 15) is 0 Å². The van der Waals surface area contributed by atoms with Crippen LogP contribution in [0.25, 0.3) is 0 Å². The Morgan fingerprint density at radius 1 is 1.36 bits per heavy atom. The van der Waals surface area contributed by atoms with E-state index in [4.69, 9.17) is 0 Å². The SMILES string of the molecule is CCC(c1cccnc1)c1ccsc1. The van der Waals surface area contributed by atoms with E-state index in [1.54, 1.807) is 11.3 Å². The lowest BCUT2D eigenvalue weighted by Gasteiger charge is -2.12. The monoisotopic (exact) mass is 203 g/mol. The summed E-state index contributed by atoms with van der Waals surface area (Å²) in [5.74, 6) is 0.509. The highest BCUT2D eigenvalue weighted by Gasteiger charge is 2.11. The molecule has 72 valence electrons. The molecule has 0 aromatic carbocycles. The average Bonchev–Trinajstić information content (AvgIpc) is 2.74. The maximum absolute atomic E-state index is 4.17. The Labute approximate surface area is 88.4 Å². The molecule has 0 saturated carbocycles. The zero-order valence-corrected chi connectivity index (χ0v) is 9.00. The standard InChI is InChI=1S/C12H13NS/c1-2-12(11-5-7-14-9-11)10-4-3-6-13-8-10/h3-9,12H,2H2,1H3. The zero-order valence-electron chi connectivity index (χ0n) is 8.18.